The van der Waals surface area contributed by atoms with E-state index in [1.165, 1.54) is 0 Å². The second-order valence-electron chi connectivity index (χ2n) is 9.41. The van der Waals surface area contributed by atoms with Crippen LogP contribution in [-0.2, 0) is 25.5 Å². The van der Waals surface area contributed by atoms with Crippen molar-refractivity contribution in [3.8, 4) is 0 Å². The van der Waals surface area contributed by atoms with Crippen LogP contribution in [0.4, 0.5) is 4.79 Å². The van der Waals surface area contributed by atoms with Crippen molar-refractivity contribution in [2.45, 2.75) is 77.0 Å². The van der Waals surface area contributed by atoms with Gasteiger partial charge >= 0.3 is 18.0 Å². The molecule has 2 amide bonds. The lowest BCUT2D eigenvalue weighted by atomic mass is 9.72. The number of hydrogen-bond donors (Lipinski definition) is 3. The number of carboxylic acids is 2. The zero-order chi connectivity index (χ0) is 25.0. The van der Waals surface area contributed by atoms with Gasteiger partial charge in [0.15, 0.2) is 5.54 Å². The predicted molar refractivity (Wildman–Crippen MR) is 121 cm³/mol. The molecule has 1 fully saturated rings. The second kappa shape index (κ2) is 9.80. The molecule has 0 aromatic heterocycles. The summed E-state index contributed by atoms with van der Waals surface area (Å²) in [5, 5.41) is 22.9. The highest BCUT2D eigenvalue weighted by Gasteiger charge is 2.68. The summed E-state index contributed by atoms with van der Waals surface area (Å²) in [6.45, 7) is 7.72. The van der Waals surface area contributed by atoms with Crippen LogP contribution in [0.1, 0.15) is 59.4 Å². The van der Waals surface area contributed by atoms with Gasteiger partial charge in [-0.05, 0) is 45.6 Å². The standard InChI is InChI=1S/C24H34N2O7/c1-6-17-23(19(28)29,25-21(32)33-22(3,4)5)15-26(24(17,7-2)20(30)31)18(27)14-13-16-11-9-8-10-12-16/h8-12,17H,6-7,13-15H2,1-5H3,(H,25,32)(H,28,29)(H,30,31)/t17?,23-,24+/m0/s1. The topological polar surface area (TPSA) is 133 Å². The minimum absolute atomic E-state index is 0.0110. The number of rotatable bonds is 8. The number of aliphatic carboxylic acids is 2. The Morgan fingerprint density at radius 3 is 2.15 bits per heavy atom. The number of carbonyl (C=O) groups is 4. The molecule has 1 aromatic carbocycles. The Balaban J connectivity index is 2.48. The fraction of sp³-hybridized carbons (Fsp3) is 0.583. The summed E-state index contributed by atoms with van der Waals surface area (Å²) < 4.78 is 5.27. The van der Waals surface area contributed by atoms with E-state index in [0.29, 0.717) is 6.42 Å². The Morgan fingerprint density at radius 2 is 1.70 bits per heavy atom. The molecule has 0 bridgehead atoms. The van der Waals surface area contributed by atoms with Crippen molar-refractivity contribution >= 4 is 23.9 Å². The Kier molecular flexibility index (Phi) is 7.77. The lowest BCUT2D eigenvalue weighted by Gasteiger charge is -2.39. The van der Waals surface area contributed by atoms with E-state index in [1.807, 2.05) is 30.3 Å². The van der Waals surface area contributed by atoms with Crippen molar-refractivity contribution in [2.24, 2.45) is 5.92 Å². The first kappa shape index (κ1) is 26.2. The molecule has 1 saturated heterocycles. The molecule has 0 aliphatic carbocycles. The fourth-order valence-corrected chi connectivity index (χ4v) is 4.86. The number of likely N-dealkylation sites (tertiary alicyclic amines) is 1. The molecule has 9 heteroatoms. The SMILES string of the molecule is CCC1[C@](CC)(C(=O)O)N(C(=O)CCc2ccccc2)C[C@@]1(NC(=O)OC(C)(C)C)C(=O)O. The van der Waals surface area contributed by atoms with Gasteiger partial charge in [0.1, 0.15) is 11.1 Å². The Bertz CT molecular complexity index is 896. The number of carboxylic acid groups (broad SMARTS) is 2. The molecular formula is C24H34N2O7. The Labute approximate surface area is 194 Å². The van der Waals surface area contributed by atoms with Crippen LogP contribution < -0.4 is 5.32 Å². The highest BCUT2D eigenvalue weighted by atomic mass is 16.6. The van der Waals surface area contributed by atoms with Gasteiger partial charge in [-0.2, -0.15) is 0 Å². The van der Waals surface area contributed by atoms with Gasteiger partial charge < -0.3 is 25.2 Å². The molecule has 0 spiro atoms. The van der Waals surface area contributed by atoms with Crippen LogP contribution >= 0.6 is 0 Å². The van der Waals surface area contributed by atoms with E-state index in [-0.39, 0.29) is 19.3 Å². The van der Waals surface area contributed by atoms with E-state index in [2.05, 4.69) is 5.32 Å². The number of hydrogen-bond acceptors (Lipinski definition) is 5. The zero-order valence-electron chi connectivity index (χ0n) is 19.9. The van der Waals surface area contributed by atoms with E-state index in [1.54, 1.807) is 34.6 Å². The van der Waals surface area contributed by atoms with Crippen LogP contribution in [0.2, 0.25) is 0 Å². The number of carbonyl (C=O) groups excluding carboxylic acids is 2. The third-order valence-corrected chi connectivity index (χ3v) is 6.26. The van der Waals surface area contributed by atoms with E-state index in [4.69, 9.17) is 4.74 Å². The lowest BCUT2D eigenvalue weighted by Crippen LogP contribution is -2.63. The molecule has 182 valence electrons. The summed E-state index contributed by atoms with van der Waals surface area (Å²) in [4.78, 5) is 52.2. The fourth-order valence-electron chi connectivity index (χ4n) is 4.86. The number of nitrogens with zero attached hydrogens (tertiary/aromatic N) is 1. The maximum atomic E-state index is 13.3. The zero-order valence-corrected chi connectivity index (χ0v) is 19.9. The number of nitrogens with one attached hydrogen (secondary N) is 1. The third kappa shape index (κ3) is 5.12. The molecule has 1 unspecified atom stereocenters. The number of amides is 2. The first-order valence-electron chi connectivity index (χ1n) is 11.2. The van der Waals surface area contributed by atoms with Gasteiger partial charge in [0.2, 0.25) is 5.91 Å². The predicted octanol–water partition coefficient (Wildman–Crippen LogP) is 3.07. The summed E-state index contributed by atoms with van der Waals surface area (Å²) >= 11 is 0. The van der Waals surface area contributed by atoms with Crippen molar-refractivity contribution in [3.05, 3.63) is 35.9 Å². The van der Waals surface area contributed by atoms with Crippen LogP contribution in [0.3, 0.4) is 0 Å². The molecular weight excluding hydrogens is 428 g/mol. The number of alkyl carbamates (subject to hydrolysis) is 1. The van der Waals surface area contributed by atoms with Gasteiger partial charge in [-0.1, -0.05) is 44.2 Å². The summed E-state index contributed by atoms with van der Waals surface area (Å²) in [5.41, 5.74) is -3.76. The number of benzene rings is 1. The van der Waals surface area contributed by atoms with Gasteiger partial charge in [0.25, 0.3) is 0 Å². The molecule has 3 N–H and O–H groups in total. The molecule has 0 radical (unpaired) electrons. The van der Waals surface area contributed by atoms with Crippen LogP contribution in [0.25, 0.3) is 0 Å². The Hall–Kier alpha value is -3.10. The van der Waals surface area contributed by atoms with E-state index in [9.17, 15) is 29.4 Å². The second-order valence-corrected chi connectivity index (χ2v) is 9.41. The van der Waals surface area contributed by atoms with Crippen LogP contribution in [-0.4, -0.2) is 62.3 Å². The summed E-state index contributed by atoms with van der Waals surface area (Å²) in [7, 11) is 0. The van der Waals surface area contributed by atoms with E-state index in [0.717, 1.165) is 10.5 Å². The van der Waals surface area contributed by atoms with E-state index >= 15 is 0 Å². The quantitative estimate of drug-likeness (QED) is 0.541. The van der Waals surface area contributed by atoms with E-state index < -0.39 is 53.1 Å². The third-order valence-electron chi connectivity index (χ3n) is 6.26. The van der Waals surface area contributed by atoms with Crippen molar-refractivity contribution in [2.75, 3.05) is 6.54 Å². The van der Waals surface area contributed by atoms with Crippen molar-refractivity contribution in [1.82, 2.24) is 10.2 Å². The molecule has 1 aliphatic rings. The van der Waals surface area contributed by atoms with Gasteiger partial charge in [-0.3, -0.25) is 4.79 Å². The minimum Gasteiger partial charge on any atom is -0.479 e. The number of aryl methyl sites for hydroxylation is 1. The summed E-state index contributed by atoms with van der Waals surface area (Å²) in [5.74, 6) is -4.24. The maximum Gasteiger partial charge on any atom is 0.408 e. The largest absolute Gasteiger partial charge is 0.479 e. The molecule has 33 heavy (non-hydrogen) atoms. The average Bonchev–Trinajstić information content (AvgIpc) is 3.02. The lowest BCUT2D eigenvalue weighted by molar-refractivity contribution is -0.160. The molecule has 9 nitrogen and oxygen atoms in total. The molecule has 0 saturated carbocycles. The highest BCUT2D eigenvalue weighted by Crippen LogP contribution is 2.46. The molecule has 2 rings (SSSR count). The first-order valence-corrected chi connectivity index (χ1v) is 11.2. The van der Waals surface area contributed by atoms with Crippen LogP contribution in [0, 0.1) is 5.92 Å². The van der Waals surface area contributed by atoms with Crippen LogP contribution in [0.15, 0.2) is 30.3 Å². The monoisotopic (exact) mass is 462 g/mol. The first-order chi connectivity index (χ1) is 15.3. The highest BCUT2D eigenvalue weighted by molar-refractivity contribution is 5.94. The maximum absolute atomic E-state index is 13.3. The molecule has 1 heterocycles. The summed E-state index contributed by atoms with van der Waals surface area (Å²) in [6.07, 6.45) is -0.477. The van der Waals surface area contributed by atoms with Crippen LogP contribution in [0.5, 0.6) is 0 Å². The Morgan fingerprint density at radius 1 is 1.09 bits per heavy atom. The molecule has 1 aromatic rings. The average molecular weight is 463 g/mol. The van der Waals surface area contributed by atoms with Crippen molar-refractivity contribution in [1.29, 1.82) is 0 Å². The molecule has 3 atom stereocenters. The molecule has 1 aliphatic heterocycles. The van der Waals surface area contributed by atoms with Crippen molar-refractivity contribution in [3.63, 3.8) is 0 Å². The summed E-state index contributed by atoms with van der Waals surface area (Å²) in [6, 6.07) is 9.27. The normalized spacial score (nSPS) is 24.9. The van der Waals surface area contributed by atoms with Crippen molar-refractivity contribution < 1.29 is 34.1 Å². The van der Waals surface area contributed by atoms with Gasteiger partial charge in [0, 0.05) is 12.3 Å². The smallest absolute Gasteiger partial charge is 0.408 e. The van der Waals surface area contributed by atoms with Gasteiger partial charge in [-0.15, -0.1) is 0 Å². The minimum atomic E-state index is -2.01. The number of ether oxygens (including phenoxy) is 1. The van der Waals surface area contributed by atoms with Gasteiger partial charge in [-0.25, -0.2) is 14.4 Å². The van der Waals surface area contributed by atoms with Gasteiger partial charge in [0.05, 0.1) is 6.54 Å².